The second-order valence-electron chi connectivity index (χ2n) is 8.99. The molecule has 5 aromatic rings. The van der Waals surface area contributed by atoms with E-state index < -0.39 is 0 Å². The smallest absolute Gasteiger partial charge is 0.248 e. The van der Waals surface area contributed by atoms with Crippen LogP contribution < -0.4 is 10.1 Å². The molecule has 3 aromatic carbocycles. The summed E-state index contributed by atoms with van der Waals surface area (Å²) in [5.74, 6) is 0.121. The third-order valence-corrected chi connectivity index (χ3v) is 6.36. The lowest BCUT2D eigenvalue weighted by Gasteiger charge is -2.15. The van der Waals surface area contributed by atoms with Gasteiger partial charge in [-0.3, -0.25) is 9.78 Å². The van der Waals surface area contributed by atoms with Gasteiger partial charge in [0.15, 0.2) is 0 Å². The predicted octanol–water partition coefficient (Wildman–Crippen LogP) is 7.84. The number of carbonyl (C=O) groups excluding carboxylic acids is 1. The average molecular weight is 495 g/mol. The minimum atomic E-state index is -0.297. The zero-order chi connectivity index (χ0) is 26.1. The van der Waals surface area contributed by atoms with Gasteiger partial charge in [-0.15, -0.1) is 0 Å². The van der Waals surface area contributed by atoms with Crippen LogP contribution in [0.2, 0.25) is 0 Å². The van der Waals surface area contributed by atoms with Gasteiger partial charge < -0.3 is 14.5 Å². The molecule has 0 aliphatic heterocycles. The van der Waals surface area contributed by atoms with E-state index in [1.54, 1.807) is 24.5 Å². The predicted molar refractivity (Wildman–Crippen MR) is 146 cm³/mol. The van der Waals surface area contributed by atoms with Crippen molar-refractivity contribution in [2.45, 2.75) is 27.7 Å². The van der Waals surface area contributed by atoms with Crippen LogP contribution in [0, 0.1) is 19.7 Å². The van der Waals surface area contributed by atoms with Crippen molar-refractivity contribution in [3.63, 3.8) is 0 Å². The highest BCUT2D eigenvalue weighted by Crippen LogP contribution is 2.41. The largest absolute Gasteiger partial charge is 0.493 e. The van der Waals surface area contributed by atoms with Crippen molar-refractivity contribution in [3.8, 4) is 16.9 Å². The number of furan rings is 1. The van der Waals surface area contributed by atoms with Crippen LogP contribution in [0.5, 0.6) is 5.75 Å². The molecule has 0 aliphatic rings. The van der Waals surface area contributed by atoms with Crippen LogP contribution >= 0.6 is 0 Å². The molecule has 2 aromatic heterocycles. The van der Waals surface area contributed by atoms with Crippen LogP contribution in [-0.2, 0) is 4.79 Å². The molecule has 0 fully saturated rings. The number of para-hydroxylation sites is 1. The molecule has 1 amide bonds. The number of pyridine rings is 1. The molecule has 186 valence electrons. The molecule has 0 saturated heterocycles. The van der Waals surface area contributed by atoms with Gasteiger partial charge in [-0.05, 0) is 69.2 Å². The third-order valence-electron chi connectivity index (χ3n) is 6.36. The summed E-state index contributed by atoms with van der Waals surface area (Å²) in [5.41, 5.74) is 7.12. The van der Waals surface area contributed by atoms with Crippen LogP contribution in [0.4, 0.5) is 10.1 Å². The Morgan fingerprint density at radius 3 is 2.59 bits per heavy atom. The molecule has 0 aliphatic carbocycles. The van der Waals surface area contributed by atoms with Gasteiger partial charge in [-0.25, -0.2) is 4.39 Å². The molecule has 0 bridgehead atoms. The molecule has 0 spiro atoms. The zero-order valence-electron chi connectivity index (χ0n) is 21.2. The second kappa shape index (κ2) is 9.90. The normalized spacial score (nSPS) is 11.8. The molecule has 5 rings (SSSR count). The molecule has 1 N–H and O–H groups in total. The summed E-state index contributed by atoms with van der Waals surface area (Å²) in [6, 6.07) is 17.9. The number of aromatic nitrogens is 1. The van der Waals surface area contributed by atoms with E-state index >= 15 is 0 Å². The van der Waals surface area contributed by atoms with E-state index in [-0.39, 0.29) is 11.7 Å². The first-order valence-corrected chi connectivity index (χ1v) is 12.1. The second-order valence-corrected chi connectivity index (χ2v) is 8.99. The number of rotatable bonds is 6. The monoisotopic (exact) mass is 494 g/mol. The highest BCUT2D eigenvalue weighted by Gasteiger charge is 2.19. The Morgan fingerprint density at radius 1 is 1.08 bits per heavy atom. The summed E-state index contributed by atoms with van der Waals surface area (Å²) in [6.07, 6.45) is 3.25. The number of ether oxygens (including phenoxy) is 1. The summed E-state index contributed by atoms with van der Waals surface area (Å²) < 4.78 is 25.4. The number of fused-ring (bicyclic) bond motifs is 2. The van der Waals surface area contributed by atoms with Crippen molar-refractivity contribution in [1.29, 1.82) is 0 Å². The Kier molecular flexibility index (Phi) is 6.49. The van der Waals surface area contributed by atoms with Crippen molar-refractivity contribution >= 4 is 39.0 Å². The molecule has 0 atom stereocenters. The summed E-state index contributed by atoms with van der Waals surface area (Å²) in [4.78, 5) is 17.7. The maximum atomic E-state index is 13.5. The van der Waals surface area contributed by atoms with E-state index in [2.05, 4.69) is 10.3 Å². The number of hydrogen-bond donors (Lipinski definition) is 1. The van der Waals surface area contributed by atoms with E-state index in [0.29, 0.717) is 23.6 Å². The van der Waals surface area contributed by atoms with Crippen LogP contribution in [0.25, 0.3) is 38.6 Å². The molecule has 2 heterocycles. The van der Waals surface area contributed by atoms with E-state index in [4.69, 9.17) is 9.15 Å². The molecule has 37 heavy (non-hydrogen) atoms. The van der Waals surface area contributed by atoms with Gasteiger partial charge in [-0.1, -0.05) is 30.3 Å². The SMILES string of the molecule is CCOc1c(/C(C)=C/C(=O)Nc2cc(C)nc3ccccc23)cc2c(-c3ccc(F)cc3)coc2c1C. The van der Waals surface area contributed by atoms with Crippen LogP contribution in [0.15, 0.2) is 77.4 Å². The van der Waals surface area contributed by atoms with Crippen LogP contribution in [-0.4, -0.2) is 17.5 Å². The number of nitrogens with zero attached hydrogens (tertiary/aromatic N) is 1. The fourth-order valence-corrected chi connectivity index (χ4v) is 4.65. The number of nitrogens with one attached hydrogen (secondary N) is 1. The number of amides is 1. The Balaban J connectivity index is 1.57. The Morgan fingerprint density at radius 2 is 1.84 bits per heavy atom. The quantitative estimate of drug-likeness (QED) is 0.244. The molecule has 0 saturated carbocycles. The summed E-state index contributed by atoms with van der Waals surface area (Å²) >= 11 is 0. The van der Waals surface area contributed by atoms with Gasteiger partial charge in [0.05, 0.1) is 24.1 Å². The molecule has 0 unspecified atom stereocenters. The highest BCUT2D eigenvalue weighted by molar-refractivity contribution is 6.09. The minimum absolute atomic E-state index is 0.251. The van der Waals surface area contributed by atoms with Gasteiger partial charge in [0.1, 0.15) is 17.1 Å². The van der Waals surface area contributed by atoms with E-state index in [1.807, 2.05) is 64.1 Å². The van der Waals surface area contributed by atoms with Crippen LogP contribution in [0.1, 0.15) is 30.7 Å². The maximum absolute atomic E-state index is 13.5. The molecule has 0 radical (unpaired) electrons. The molecular formula is C31H27FN2O3. The van der Waals surface area contributed by atoms with Gasteiger partial charge in [0.2, 0.25) is 5.91 Å². The zero-order valence-corrected chi connectivity index (χ0v) is 21.2. The van der Waals surface area contributed by atoms with E-state index in [9.17, 15) is 9.18 Å². The van der Waals surface area contributed by atoms with Crippen molar-refractivity contribution < 1.29 is 18.3 Å². The first kappa shape index (κ1) is 24.3. The minimum Gasteiger partial charge on any atom is -0.493 e. The average Bonchev–Trinajstić information content (AvgIpc) is 3.30. The standard InChI is InChI=1S/C31H27FN2O3/c1-5-36-30-20(4)31-25(26(17-37-31)21-10-12-22(32)13-11-21)16-24(30)18(2)14-29(35)34-28-15-19(3)33-27-9-7-6-8-23(27)28/h6-17H,5H2,1-4H3,(H,33,34,35)/b18-14+. The highest BCUT2D eigenvalue weighted by atomic mass is 19.1. The molecular weight excluding hydrogens is 467 g/mol. The lowest BCUT2D eigenvalue weighted by atomic mass is 9.96. The fraction of sp³-hybridized carbons (Fsp3) is 0.161. The number of anilines is 1. The molecule has 5 nitrogen and oxygen atoms in total. The number of aryl methyl sites for hydroxylation is 2. The van der Waals surface area contributed by atoms with Crippen molar-refractivity contribution in [2.24, 2.45) is 0 Å². The van der Waals surface area contributed by atoms with E-state index in [0.717, 1.165) is 49.8 Å². The van der Waals surface area contributed by atoms with Crippen molar-refractivity contribution in [1.82, 2.24) is 4.98 Å². The number of benzene rings is 3. The van der Waals surface area contributed by atoms with Crippen molar-refractivity contribution in [3.05, 3.63) is 95.6 Å². The lowest BCUT2D eigenvalue weighted by Crippen LogP contribution is -2.10. The summed E-state index contributed by atoms with van der Waals surface area (Å²) in [5, 5.41) is 4.76. The Bertz CT molecular complexity index is 1670. The first-order chi connectivity index (χ1) is 17.9. The van der Waals surface area contributed by atoms with Gasteiger partial charge >= 0.3 is 0 Å². The third kappa shape index (κ3) is 4.70. The number of hydrogen-bond acceptors (Lipinski definition) is 4. The van der Waals surface area contributed by atoms with Crippen LogP contribution in [0.3, 0.4) is 0 Å². The molecule has 6 heteroatoms. The van der Waals surface area contributed by atoms with Gasteiger partial charge in [-0.2, -0.15) is 0 Å². The Hall–Kier alpha value is -4.45. The summed E-state index contributed by atoms with van der Waals surface area (Å²) in [6.45, 7) is 8.11. The van der Waals surface area contributed by atoms with E-state index in [1.165, 1.54) is 12.1 Å². The van der Waals surface area contributed by atoms with Gasteiger partial charge in [0.25, 0.3) is 0 Å². The summed E-state index contributed by atoms with van der Waals surface area (Å²) in [7, 11) is 0. The fourth-order valence-electron chi connectivity index (χ4n) is 4.65. The topological polar surface area (TPSA) is 64.4 Å². The van der Waals surface area contributed by atoms with Crippen molar-refractivity contribution in [2.75, 3.05) is 11.9 Å². The van der Waals surface area contributed by atoms with Gasteiger partial charge in [0, 0.05) is 39.2 Å². The Labute approximate surface area is 214 Å². The number of allylic oxidation sites excluding steroid dienone is 1. The lowest BCUT2D eigenvalue weighted by molar-refractivity contribution is -0.111. The number of carbonyl (C=O) groups is 1. The number of halogens is 1. The first-order valence-electron chi connectivity index (χ1n) is 12.1. The maximum Gasteiger partial charge on any atom is 0.248 e.